The first kappa shape index (κ1) is 20.2. The minimum Gasteiger partial charge on any atom is -0.490 e. The van der Waals surface area contributed by atoms with Crippen LogP contribution in [-0.4, -0.2) is 67.0 Å². The first-order chi connectivity index (χ1) is 14.1. The van der Waals surface area contributed by atoms with Crippen LogP contribution in [0.15, 0.2) is 24.3 Å². The molecule has 2 saturated heterocycles. The van der Waals surface area contributed by atoms with Crippen molar-refractivity contribution in [3.05, 3.63) is 29.8 Å². The number of benzene rings is 1. The van der Waals surface area contributed by atoms with Gasteiger partial charge in [0.25, 0.3) is 5.91 Å². The Morgan fingerprint density at radius 2 is 1.76 bits per heavy atom. The number of carbonyl (C=O) groups is 2. The second kappa shape index (κ2) is 9.16. The molecular weight excluding hydrogens is 366 g/mol. The Morgan fingerprint density at radius 1 is 1.03 bits per heavy atom. The number of rotatable bonds is 7. The Bertz CT molecular complexity index is 709. The van der Waals surface area contributed by atoms with E-state index in [0.717, 1.165) is 57.5 Å². The summed E-state index contributed by atoms with van der Waals surface area (Å²) < 4.78 is 6.08. The molecule has 4 rings (SSSR count). The van der Waals surface area contributed by atoms with Gasteiger partial charge in [-0.05, 0) is 70.0 Å². The molecule has 1 N–H and O–H groups in total. The van der Waals surface area contributed by atoms with Crippen molar-refractivity contribution in [2.75, 3.05) is 33.2 Å². The van der Waals surface area contributed by atoms with E-state index in [1.807, 2.05) is 29.2 Å². The number of hydrogen-bond donors (Lipinski definition) is 1. The van der Waals surface area contributed by atoms with Gasteiger partial charge < -0.3 is 19.9 Å². The van der Waals surface area contributed by atoms with E-state index in [2.05, 4.69) is 17.3 Å². The van der Waals surface area contributed by atoms with E-state index in [-0.39, 0.29) is 12.0 Å². The van der Waals surface area contributed by atoms with E-state index < -0.39 is 0 Å². The van der Waals surface area contributed by atoms with Crippen LogP contribution in [-0.2, 0) is 4.79 Å². The SMILES string of the molecule is CN1CCCC1CCNC(=O)c1ccc(OC2CCN(C(=O)C3CC3)CC2)cc1. The molecular formula is C23H33N3O3. The molecule has 0 bridgehead atoms. The van der Waals surface area contributed by atoms with Gasteiger partial charge in [0.1, 0.15) is 11.9 Å². The lowest BCUT2D eigenvalue weighted by molar-refractivity contribution is -0.134. The minimum atomic E-state index is -0.0240. The third kappa shape index (κ3) is 5.30. The first-order valence-corrected chi connectivity index (χ1v) is 11.1. The van der Waals surface area contributed by atoms with E-state index in [1.54, 1.807) is 0 Å². The number of carbonyl (C=O) groups excluding carboxylic acids is 2. The molecule has 1 unspecified atom stereocenters. The van der Waals surface area contributed by atoms with Crippen molar-refractivity contribution in [2.24, 2.45) is 5.92 Å². The van der Waals surface area contributed by atoms with Gasteiger partial charge in [0.2, 0.25) is 5.91 Å². The van der Waals surface area contributed by atoms with E-state index >= 15 is 0 Å². The van der Waals surface area contributed by atoms with Crippen molar-refractivity contribution in [3.63, 3.8) is 0 Å². The summed E-state index contributed by atoms with van der Waals surface area (Å²) in [5.74, 6) is 1.40. The van der Waals surface area contributed by atoms with Crippen molar-refractivity contribution in [3.8, 4) is 5.75 Å². The number of nitrogens with one attached hydrogen (secondary N) is 1. The molecule has 1 atom stereocenters. The summed E-state index contributed by atoms with van der Waals surface area (Å²) in [6, 6.07) is 8.01. The number of piperidine rings is 1. The summed E-state index contributed by atoms with van der Waals surface area (Å²) in [7, 11) is 2.16. The van der Waals surface area contributed by atoms with Crippen LogP contribution in [0.4, 0.5) is 0 Å². The molecule has 1 aromatic rings. The fourth-order valence-electron chi connectivity index (χ4n) is 4.46. The second-order valence-electron chi connectivity index (χ2n) is 8.76. The Kier molecular flexibility index (Phi) is 6.38. The normalized spacial score (nSPS) is 23.2. The van der Waals surface area contributed by atoms with E-state index in [0.29, 0.717) is 30.0 Å². The molecule has 0 aromatic heterocycles. The number of nitrogens with zero attached hydrogens (tertiary/aromatic N) is 2. The van der Waals surface area contributed by atoms with Crippen LogP contribution < -0.4 is 10.1 Å². The molecule has 6 nitrogen and oxygen atoms in total. The van der Waals surface area contributed by atoms with Gasteiger partial charge in [-0.2, -0.15) is 0 Å². The lowest BCUT2D eigenvalue weighted by atomic mass is 10.1. The van der Waals surface area contributed by atoms with Gasteiger partial charge in [-0.1, -0.05) is 0 Å². The third-order valence-electron chi connectivity index (χ3n) is 6.53. The predicted molar refractivity (Wildman–Crippen MR) is 112 cm³/mol. The summed E-state index contributed by atoms with van der Waals surface area (Å²) in [4.78, 5) is 28.9. The summed E-state index contributed by atoms with van der Waals surface area (Å²) in [5.41, 5.74) is 0.668. The van der Waals surface area contributed by atoms with Crippen LogP contribution in [0.5, 0.6) is 5.75 Å². The van der Waals surface area contributed by atoms with Crippen LogP contribution in [0.1, 0.15) is 55.3 Å². The summed E-state index contributed by atoms with van der Waals surface area (Å²) in [5, 5.41) is 3.03. The predicted octanol–water partition coefficient (Wildman–Crippen LogP) is 2.68. The maximum atomic E-state index is 12.4. The molecule has 2 amide bonds. The van der Waals surface area contributed by atoms with E-state index in [4.69, 9.17) is 4.74 Å². The quantitative estimate of drug-likeness (QED) is 0.766. The molecule has 29 heavy (non-hydrogen) atoms. The van der Waals surface area contributed by atoms with Crippen molar-refractivity contribution in [2.45, 2.75) is 57.1 Å². The zero-order valence-electron chi connectivity index (χ0n) is 17.4. The molecule has 2 heterocycles. The number of likely N-dealkylation sites (tertiary alicyclic amines) is 2. The van der Waals surface area contributed by atoms with Crippen molar-refractivity contribution in [1.82, 2.24) is 15.1 Å². The van der Waals surface area contributed by atoms with Crippen LogP contribution >= 0.6 is 0 Å². The van der Waals surface area contributed by atoms with Gasteiger partial charge in [-0.25, -0.2) is 0 Å². The molecule has 3 fully saturated rings. The van der Waals surface area contributed by atoms with Crippen LogP contribution in [0.2, 0.25) is 0 Å². The first-order valence-electron chi connectivity index (χ1n) is 11.1. The largest absolute Gasteiger partial charge is 0.490 e. The second-order valence-corrected chi connectivity index (χ2v) is 8.76. The highest BCUT2D eigenvalue weighted by Gasteiger charge is 2.35. The fraction of sp³-hybridized carbons (Fsp3) is 0.652. The van der Waals surface area contributed by atoms with Crippen LogP contribution in [0, 0.1) is 5.92 Å². The van der Waals surface area contributed by atoms with Crippen LogP contribution in [0.3, 0.4) is 0 Å². The number of hydrogen-bond acceptors (Lipinski definition) is 4. The molecule has 0 spiro atoms. The average Bonchev–Trinajstić information content (AvgIpc) is 3.51. The van der Waals surface area contributed by atoms with Crippen molar-refractivity contribution in [1.29, 1.82) is 0 Å². The van der Waals surface area contributed by atoms with Gasteiger partial charge >= 0.3 is 0 Å². The number of amides is 2. The highest BCUT2D eigenvalue weighted by Crippen LogP contribution is 2.32. The zero-order valence-corrected chi connectivity index (χ0v) is 17.4. The maximum absolute atomic E-state index is 12.4. The lowest BCUT2D eigenvalue weighted by Gasteiger charge is -2.32. The Morgan fingerprint density at radius 3 is 2.38 bits per heavy atom. The highest BCUT2D eigenvalue weighted by molar-refractivity contribution is 5.94. The van der Waals surface area contributed by atoms with Crippen LogP contribution in [0.25, 0.3) is 0 Å². The molecule has 1 saturated carbocycles. The Balaban J connectivity index is 1.19. The average molecular weight is 400 g/mol. The molecule has 1 aliphatic carbocycles. The van der Waals surface area contributed by atoms with Gasteiger partial charge in [0.05, 0.1) is 0 Å². The fourth-order valence-corrected chi connectivity index (χ4v) is 4.46. The number of ether oxygens (including phenoxy) is 1. The molecule has 0 radical (unpaired) electrons. The van der Waals surface area contributed by atoms with Crippen molar-refractivity contribution >= 4 is 11.8 Å². The summed E-state index contributed by atoms with van der Waals surface area (Å²) in [6.07, 6.45) is 7.50. The van der Waals surface area contributed by atoms with Gasteiger partial charge in [-0.15, -0.1) is 0 Å². The van der Waals surface area contributed by atoms with Gasteiger partial charge in [0.15, 0.2) is 0 Å². The molecule has 158 valence electrons. The standard InChI is InChI=1S/C23H33N3O3/c1-25-14-2-3-19(25)10-13-24-22(27)17-6-8-20(9-7-17)29-21-11-15-26(16-12-21)23(28)18-4-5-18/h6-9,18-19,21H,2-5,10-16H2,1H3,(H,24,27). The lowest BCUT2D eigenvalue weighted by Crippen LogP contribution is -2.42. The topological polar surface area (TPSA) is 61.9 Å². The van der Waals surface area contributed by atoms with Gasteiger partial charge in [-0.3, -0.25) is 9.59 Å². The van der Waals surface area contributed by atoms with E-state index in [9.17, 15) is 9.59 Å². The monoisotopic (exact) mass is 399 g/mol. The van der Waals surface area contributed by atoms with Gasteiger partial charge in [0, 0.05) is 50.0 Å². The smallest absolute Gasteiger partial charge is 0.251 e. The van der Waals surface area contributed by atoms with Crippen molar-refractivity contribution < 1.29 is 14.3 Å². The summed E-state index contributed by atoms with van der Waals surface area (Å²) >= 11 is 0. The zero-order chi connectivity index (χ0) is 20.2. The maximum Gasteiger partial charge on any atom is 0.251 e. The Labute approximate surface area is 173 Å². The molecule has 3 aliphatic rings. The third-order valence-corrected chi connectivity index (χ3v) is 6.53. The Hall–Kier alpha value is -2.08. The summed E-state index contributed by atoms with van der Waals surface area (Å²) in [6.45, 7) is 3.45. The minimum absolute atomic E-state index is 0.0240. The molecule has 2 aliphatic heterocycles. The molecule has 6 heteroatoms. The highest BCUT2D eigenvalue weighted by atomic mass is 16.5. The van der Waals surface area contributed by atoms with E-state index in [1.165, 1.54) is 12.8 Å². The molecule has 1 aromatic carbocycles.